The van der Waals surface area contributed by atoms with Crippen molar-refractivity contribution in [2.45, 2.75) is 13.3 Å². The number of anilines is 1. The van der Waals surface area contributed by atoms with Crippen LogP contribution in [0.1, 0.15) is 21.8 Å². The molecule has 2 aromatic carbocycles. The van der Waals surface area contributed by atoms with Crippen molar-refractivity contribution in [3.05, 3.63) is 81.6 Å². The molecule has 5 aromatic rings. The van der Waals surface area contributed by atoms with E-state index in [0.29, 0.717) is 21.6 Å². The van der Waals surface area contributed by atoms with Gasteiger partial charge in [0, 0.05) is 47.5 Å². The molecule has 1 aliphatic heterocycles. The summed E-state index contributed by atoms with van der Waals surface area (Å²) in [4.78, 5) is 24.8. The van der Waals surface area contributed by atoms with Crippen LogP contribution < -0.4 is 4.90 Å². The Labute approximate surface area is 240 Å². The van der Waals surface area contributed by atoms with Crippen LogP contribution in [0, 0.1) is 6.92 Å². The smallest absolute Gasteiger partial charge is 0.270 e. The number of hydrogen-bond donors (Lipinski definition) is 0. The van der Waals surface area contributed by atoms with Gasteiger partial charge in [-0.05, 0) is 43.7 Å². The molecule has 39 heavy (non-hydrogen) atoms. The Hall–Kier alpha value is -3.08. The number of morpholine rings is 1. The van der Waals surface area contributed by atoms with Crippen LogP contribution in [0.5, 0.6) is 0 Å². The lowest BCUT2D eigenvalue weighted by Crippen LogP contribution is -2.39. The zero-order valence-corrected chi connectivity index (χ0v) is 23.9. The van der Waals surface area contributed by atoms with Gasteiger partial charge in [0.15, 0.2) is 5.13 Å². The normalized spacial score (nSPS) is 14.2. The van der Waals surface area contributed by atoms with E-state index >= 15 is 0 Å². The lowest BCUT2D eigenvalue weighted by molar-refractivity contribution is 0.0376. The fraction of sp³-hybridized carbons (Fsp3) is 0.276. The summed E-state index contributed by atoms with van der Waals surface area (Å²) in [5, 5.41) is 9.12. The van der Waals surface area contributed by atoms with E-state index < -0.39 is 0 Å². The second-order valence-corrected chi connectivity index (χ2v) is 11.8. The van der Waals surface area contributed by atoms with Crippen molar-refractivity contribution in [3.63, 3.8) is 0 Å². The van der Waals surface area contributed by atoms with Gasteiger partial charge in [0.1, 0.15) is 4.83 Å². The summed E-state index contributed by atoms with van der Waals surface area (Å²) in [6.07, 6.45) is 0.851. The summed E-state index contributed by atoms with van der Waals surface area (Å²) < 4.78 is 7.42. The Bertz CT molecular complexity index is 1570. The zero-order valence-electron chi connectivity index (χ0n) is 21.5. The van der Waals surface area contributed by atoms with Crippen molar-refractivity contribution in [2.24, 2.45) is 0 Å². The number of carbonyl (C=O) groups is 1. The molecule has 1 saturated heterocycles. The maximum atomic E-state index is 14.1. The molecular formula is C29H28ClN5O2S2. The van der Waals surface area contributed by atoms with Gasteiger partial charge in [0.25, 0.3) is 5.91 Å². The van der Waals surface area contributed by atoms with Gasteiger partial charge >= 0.3 is 0 Å². The average Bonchev–Trinajstić information content (AvgIpc) is 3.70. The Morgan fingerprint density at radius 1 is 1.10 bits per heavy atom. The molecule has 1 amide bonds. The largest absolute Gasteiger partial charge is 0.379 e. The predicted molar refractivity (Wildman–Crippen MR) is 160 cm³/mol. The molecule has 10 heteroatoms. The summed E-state index contributed by atoms with van der Waals surface area (Å²) in [5.41, 5.74) is 3.70. The number of thiophene rings is 1. The first-order chi connectivity index (χ1) is 19.1. The zero-order chi connectivity index (χ0) is 26.8. The fourth-order valence-electron chi connectivity index (χ4n) is 4.73. The highest BCUT2D eigenvalue weighted by molar-refractivity contribution is 7.20. The Kier molecular flexibility index (Phi) is 7.76. The van der Waals surface area contributed by atoms with E-state index in [0.717, 1.165) is 72.1 Å². The quantitative estimate of drug-likeness (QED) is 0.209. The number of aryl methyl sites for hydroxylation is 1. The monoisotopic (exact) mass is 577 g/mol. The molecule has 3 aromatic heterocycles. The standard InChI is InChI=1S/C29H28ClN5O2S2/c1-20-24-18-26(39-28(24)35(32-20)23-6-3-2-4-7-23)27(36)34(13-5-12-33-14-16-37-17-15-33)29-31-25(19-38-29)21-8-10-22(30)11-9-21/h2-4,6-11,18-19H,5,12-17H2,1H3. The number of nitrogens with zero attached hydrogens (tertiary/aromatic N) is 5. The molecule has 0 N–H and O–H groups in total. The van der Waals surface area contributed by atoms with E-state index in [2.05, 4.69) is 4.90 Å². The van der Waals surface area contributed by atoms with E-state index in [4.69, 9.17) is 26.4 Å². The SMILES string of the molecule is Cc1nn(-c2ccccc2)c2sc(C(=O)N(CCCN3CCOCC3)c3nc(-c4ccc(Cl)cc4)cs3)cc12. The molecule has 0 radical (unpaired) electrons. The maximum absolute atomic E-state index is 14.1. The van der Waals surface area contributed by atoms with Crippen LogP contribution in [0.2, 0.25) is 5.02 Å². The highest BCUT2D eigenvalue weighted by Crippen LogP contribution is 2.34. The van der Waals surface area contributed by atoms with Crippen molar-refractivity contribution in [1.82, 2.24) is 19.7 Å². The number of thiazole rings is 1. The molecule has 1 aliphatic rings. The van der Waals surface area contributed by atoms with E-state index in [1.165, 1.54) is 22.7 Å². The van der Waals surface area contributed by atoms with E-state index in [1.807, 2.05) is 82.5 Å². The first-order valence-electron chi connectivity index (χ1n) is 12.9. The number of para-hydroxylation sites is 1. The van der Waals surface area contributed by atoms with Crippen molar-refractivity contribution in [1.29, 1.82) is 0 Å². The van der Waals surface area contributed by atoms with Crippen LogP contribution in [-0.4, -0.2) is 65.0 Å². The van der Waals surface area contributed by atoms with Gasteiger partial charge in [0.2, 0.25) is 0 Å². The fourth-order valence-corrected chi connectivity index (χ4v) is 6.85. The van der Waals surface area contributed by atoms with Gasteiger partial charge in [-0.3, -0.25) is 14.6 Å². The van der Waals surface area contributed by atoms with Crippen molar-refractivity contribution < 1.29 is 9.53 Å². The molecule has 0 aliphatic carbocycles. The van der Waals surface area contributed by atoms with Crippen LogP contribution in [0.3, 0.4) is 0 Å². The molecule has 0 atom stereocenters. The third-order valence-corrected chi connectivity index (χ3v) is 9.04. The summed E-state index contributed by atoms with van der Waals surface area (Å²) in [6.45, 7) is 6.87. The third kappa shape index (κ3) is 5.64. The van der Waals surface area contributed by atoms with Crippen molar-refractivity contribution in [2.75, 3.05) is 44.3 Å². The second kappa shape index (κ2) is 11.6. The number of rotatable bonds is 8. The van der Waals surface area contributed by atoms with Gasteiger partial charge < -0.3 is 4.74 Å². The summed E-state index contributed by atoms with van der Waals surface area (Å²) >= 11 is 9.06. The molecule has 0 unspecified atom stereocenters. The summed E-state index contributed by atoms with van der Waals surface area (Å²) in [6, 6.07) is 19.6. The Balaban J connectivity index is 1.30. The van der Waals surface area contributed by atoms with Gasteiger partial charge in [-0.2, -0.15) is 5.10 Å². The lowest BCUT2D eigenvalue weighted by atomic mass is 10.2. The highest BCUT2D eigenvalue weighted by atomic mass is 35.5. The highest BCUT2D eigenvalue weighted by Gasteiger charge is 2.25. The Morgan fingerprint density at radius 3 is 2.64 bits per heavy atom. The molecule has 4 heterocycles. The van der Waals surface area contributed by atoms with Crippen LogP contribution in [-0.2, 0) is 4.74 Å². The van der Waals surface area contributed by atoms with Crippen LogP contribution in [0.15, 0.2) is 66.0 Å². The number of amides is 1. The predicted octanol–water partition coefficient (Wildman–Crippen LogP) is 6.54. The number of benzene rings is 2. The molecule has 6 rings (SSSR count). The first kappa shape index (κ1) is 26.2. The minimum Gasteiger partial charge on any atom is -0.379 e. The second-order valence-electron chi connectivity index (χ2n) is 9.45. The molecule has 200 valence electrons. The van der Waals surface area contributed by atoms with Gasteiger partial charge in [-0.15, -0.1) is 22.7 Å². The van der Waals surface area contributed by atoms with Crippen LogP contribution in [0.4, 0.5) is 5.13 Å². The van der Waals surface area contributed by atoms with Crippen LogP contribution in [0.25, 0.3) is 27.2 Å². The minimum absolute atomic E-state index is 0.0332. The maximum Gasteiger partial charge on any atom is 0.270 e. The first-order valence-corrected chi connectivity index (χ1v) is 15.0. The number of ether oxygens (including phenoxy) is 1. The van der Waals surface area contributed by atoms with Gasteiger partial charge in [-0.1, -0.05) is 41.9 Å². The van der Waals surface area contributed by atoms with Crippen molar-refractivity contribution in [3.8, 4) is 16.9 Å². The van der Waals surface area contributed by atoms with E-state index in [-0.39, 0.29) is 5.91 Å². The molecule has 7 nitrogen and oxygen atoms in total. The molecule has 0 bridgehead atoms. The minimum atomic E-state index is -0.0332. The number of fused-ring (bicyclic) bond motifs is 1. The van der Waals surface area contributed by atoms with Crippen molar-refractivity contribution >= 4 is 55.5 Å². The number of carbonyl (C=O) groups excluding carboxylic acids is 1. The van der Waals surface area contributed by atoms with Gasteiger partial charge in [-0.25, -0.2) is 9.67 Å². The summed E-state index contributed by atoms with van der Waals surface area (Å²) in [5.74, 6) is -0.0332. The topological polar surface area (TPSA) is 63.5 Å². The van der Waals surface area contributed by atoms with E-state index in [9.17, 15) is 4.79 Å². The molecule has 0 spiro atoms. The summed E-state index contributed by atoms with van der Waals surface area (Å²) in [7, 11) is 0. The number of aromatic nitrogens is 3. The molecule has 0 saturated carbocycles. The average molecular weight is 578 g/mol. The van der Waals surface area contributed by atoms with Crippen LogP contribution >= 0.6 is 34.3 Å². The van der Waals surface area contributed by atoms with E-state index in [1.54, 1.807) is 0 Å². The lowest BCUT2D eigenvalue weighted by Gasteiger charge is -2.27. The van der Waals surface area contributed by atoms with Gasteiger partial charge in [0.05, 0.1) is 35.2 Å². The Morgan fingerprint density at radius 2 is 1.87 bits per heavy atom. The molecular weight excluding hydrogens is 550 g/mol. The third-order valence-electron chi connectivity index (χ3n) is 6.82. The number of halogens is 1. The molecule has 1 fully saturated rings. The number of hydrogen-bond acceptors (Lipinski definition) is 7.